The smallest absolute Gasteiger partial charge is 0.429 e. The molecule has 0 aliphatic carbocycles. The monoisotopic (exact) mass is 179 g/mol. The van der Waals surface area contributed by atoms with Crippen molar-refractivity contribution in [1.82, 2.24) is 0 Å². The lowest BCUT2D eigenvalue weighted by Gasteiger charge is -2.24. The Morgan fingerprint density at radius 3 is 1.25 bits per heavy atom. The Hall–Kier alpha value is -0.135. The van der Waals surface area contributed by atoms with Gasteiger partial charge in [-0.2, -0.15) is 0 Å². The first-order valence-electron chi connectivity index (χ1n) is 3.59. The third-order valence-electron chi connectivity index (χ3n) is 1.76. The number of hydrogen-bond donors (Lipinski definition) is 5. The standard InChI is InChI=1S/C6H14O3.BH2O2/c1-2-6(3-7,4-8)5-9;2-1-3/h7-9H,2-5H2,1H3;2-3H. The minimum Gasteiger partial charge on any atom is -0.429 e. The average molecular weight is 179 g/mol. The third kappa shape index (κ3) is 5.51. The van der Waals surface area contributed by atoms with Gasteiger partial charge in [0.1, 0.15) is 0 Å². The molecule has 0 heterocycles. The van der Waals surface area contributed by atoms with Crippen molar-refractivity contribution in [3.05, 3.63) is 0 Å². The Morgan fingerprint density at radius 2 is 1.25 bits per heavy atom. The maximum Gasteiger partial charge on any atom is 0.482 e. The van der Waals surface area contributed by atoms with E-state index in [4.69, 9.17) is 25.4 Å². The van der Waals surface area contributed by atoms with E-state index in [-0.39, 0.29) is 27.5 Å². The van der Waals surface area contributed by atoms with Crippen LogP contribution >= 0.6 is 0 Å². The molecule has 6 heteroatoms. The van der Waals surface area contributed by atoms with E-state index in [2.05, 4.69) is 0 Å². The van der Waals surface area contributed by atoms with E-state index in [1.165, 1.54) is 0 Å². The van der Waals surface area contributed by atoms with Crippen molar-refractivity contribution in [2.24, 2.45) is 5.41 Å². The highest BCUT2D eigenvalue weighted by molar-refractivity contribution is 6.13. The summed E-state index contributed by atoms with van der Waals surface area (Å²) < 4.78 is 0. The van der Waals surface area contributed by atoms with Crippen LogP contribution in [0.3, 0.4) is 0 Å². The van der Waals surface area contributed by atoms with Gasteiger partial charge in [0.25, 0.3) is 0 Å². The van der Waals surface area contributed by atoms with Gasteiger partial charge in [0.05, 0.1) is 19.8 Å². The summed E-state index contributed by atoms with van der Waals surface area (Å²) in [5.74, 6) is 0. The molecule has 0 aliphatic rings. The Labute approximate surface area is 72.6 Å². The SMILES string of the molecule is CCC(CO)(CO)CO.O[B]O. The van der Waals surface area contributed by atoms with Crippen LogP contribution in [0.15, 0.2) is 0 Å². The zero-order valence-corrected chi connectivity index (χ0v) is 7.14. The lowest BCUT2D eigenvalue weighted by molar-refractivity contribution is 0.00304. The van der Waals surface area contributed by atoms with Gasteiger partial charge < -0.3 is 25.4 Å². The van der Waals surface area contributed by atoms with Crippen molar-refractivity contribution >= 4 is 7.69 Å². The number of aliphatic hydroxyl groups is 3. The minimum atomic E-state index is -0.667. The first-order chi connectivity index (χ1) is 5.66. The summed E-state index contributed by atoms with van der Waals surface area (Å²) >= 11 is 0. The highest BCUT2D eigenvalue weighted by atomic mass is 16.4. The molecular weight excluding hydrogens is 163 g/mol. The lowest BCUT2D eigenvalue weighted by Crippen LogP contribution is -2.32. The van der Waals surface area contributed by atoms with Crippen LogP contribution in [0, 0.1) is 5.41 Å². The van der Waals surface area contributed by atoms with Gasteiger partial charge in [-0.3, -0.25) is 0 Å². The van der Waals surface area contributed by atoms with Crippen molar-refractivity contribution in [2.75, 3.05) is 19.8 Å². The van der Waals surface area contributed by atoms with Gasteiger partial charge in [-0.15, -0.1) is 0 Å². The van der Waals surface area contributed by atoms with Crippen LogP contribution in [0.2, 0.25) is 0 Å². The lowest BCUT2D eigenvalue weighted by atomic mass is 9.88. The molecule has 0 bridgehead atoms. The predicted octanol–water partition coefficient (Wildman–Crippen LogP) is -2.14. The maximum absolute atomic E-state index is 8.66. The molecule has 0 unspecified atom stereocenters. The Morgan fingerprint density at radius 1 is 1.00 bits per heavy atom. The zero-order chi connectivity index (χ0) is 10.0. The topological polar surface area (TPSA) is 101 Å². The second-order valence-corrected chi connectivity index (χ2v) is 2.44. The molecule has 0 saturated heterocycles. The largest absolute Gasteiger partial charge is 0.482 e. The first kappa shape index (κ1) is 14.4. The molecule has 0 aromatic rings. The summed E-state index contributed by atoms with van der Waals surface area (Å²) in [7, 11) is 0. The third-order valence-corrected chi connectivity index (χ3v) is 1.76. The molecule has 0 spiro atoms. The fraction of sp³-hybridized carbons (Fsp3) is 1.00. The predicted molar refractivity (Wildman–Crippen MR) is 44.2 cm³/mol. The van der Waals surface area contributed by atoms with Crippen molar-refractivity contribution in [3.63, 3.8) is 0 Å². The van der Waals surface area contributed by atoms with Gasteiger partial charge >= 0.3 is 7.69 Å². The summed E-state index contributed by atoms with van der Waals surface area (Å²) in [6, 6.07) is 0. The molecule has 5 N–H and O–H groups in total. The summed E-state index contributed by atoms with van der Waals surface area (Å²) in [6.45, 7) is 1.35. The van der Waals surface area contributed by atoms with Gasteiger partial charge in [-0.25, -0.2) is 0 Å². The highest BCUT2D eigenvalue weighted by Crippen LogP contribution is 2.18. The quantitative estimate of drug-likeness (QED) is 0.317. The van der Waals surface area contributed by atoms with Gasteiger partial charge in [0, 0.05) is 5.41 Å². The van der Waals surface area contributed by atoms with Crippen LogP contribution in [-0.4, -0.2) is 52.9 Å². The Bertz CT molecular complexity index is 68.5. The second-order valence-electron chi connectivity index (χ2n) is 2.44. The molecule has 0 rings (SSSR count). The number of hydrogen-bond acceptors (Lipinski definition) is 5. The molecule has 0 aromatic heterocycles. The van der Waals surface area contributed by atoms with Crippen LogP contribution < -0.4 is 0 Å². The summed E-state index contributed by atoms with van der Waals surface area (Å²) in [5.41, 5.74) is -0.667. The molecular formula is C6H16BO5. The van der Waals surface area contributed by atoms with Gasteiger partial charge in [0.2, 0.25) is 0 Å². The van der Waals surface area contributed by atoms with E-state index in [1.54, 1.807) is 0 Å². The zero-order valence-electron chi connectivity index (χ0n) is 7.14. The number of aliphatic hydroxyl groups excluding tert-OH is 3. The van der Waals surface area contributed by atoms with Crippen molar-refractivity contribution in [3.8, 4) is 0 Å². The molecule has 73 valence electrons. The normalized spacial score (nSPS) is 10.2. The van der Waals surface area contributed by atoms with E-state index < -0.39 is 5.41 Å². The van der Waals surface area contributed by atoms with E-state index in [0.717, 1.165) is 0 Å². The van der Waals surface area contributed by atoms with Gasteiger partial charge in [-0.1, -0.05) is 6.92 Å². The van der Waals surface area contributed by atoms with Crippen LogP contribution in [0.1, 0.15) is 13.3 Å². The molecule has 5 nitrogen and oxygen atoms in total. The van der Waals surface area contributed by atoms with Crippen molar-refractivity contribution < 1.29 is 25.4 Å². The highest BCUT2D eigenvalue weighted by Gasteiger charge is 2.24. The first-order valence-corrected chi connectivity index (χ1v) is 3.59. The minimum absolute atomic E-state index is 0. The maximum atomic E-state index is 8.66. The Balaban J connectivity index is 0. The molecule has 0 fully saturated rings. The molecule has 0 aromatic carbocycles. The van der Waals surface area contributed by atoms with Crippen molar-refractivity contribution in [2.45, 2.75) is 13.3 Å². The molecule has 0 saturated carbocycles. The van der Waals surface area contributed by atoms with Gasteiger partial charge in [0.15, 0.2) is 0 Å². The van der Waals surface area contributed by atoms with Crippen LogP contribution in [-0.2, 0) is 0 Å². The molecule has 0 atom stereocenters. The van der Waals surface area contributed by atoms with Gasteiger partial charge in [-0.05, 0) is 6.42 Å². The summed E-state index contributed by atoms with van der Waals surface area (Å²) in [6.07, 6.45) is 0.594. The van der Waals surface area contributed by atoms with E-state index in [0.29, 0.717) is 6.42 Å². The molecule has 0 amide bonds. The average Bonchev–Trinajstić information content (AvgIpc) is 2.11. The summed E-state index contributed by atoms with van der Waals surface area (Å²) in [5, 5.41) is 40.0. The van der Waals surface area contributed by atoms with Crippen LogP contribution in [0.5, 0.6) is 0 Å². The fourth-order valence-electron chi connectivity index (χ4n) is 0.485. The summed E-state index contributed by atoms with van der Waals surface area (Å²) in [4.78, 5) is 0. The van der Waals surface area contributed by atoms with Crippen molar-refractivity contribution in [1.29, 1.82) is 0 Å². The molecule has 0 aliphatic heterocycles. The van der Waals surface area contributed by atoms with Crippen LogP contribution in [0.25, 0.3) is 0 Å². The molecule has 12 heavy (non-hydrogen) atoms. The fourth-order valence-corrected chi connectivity index (χ4v) is 0.485. The van der Waals surface area contributed by atoms with E-state index >= 15 is 0 Å². The molecule has 1 radical (unpaired) electrons. The van der Waals surface area contributed by atoms with Crippen LogP contribution in [0.4, 0.5) is 0 Å². The second kappa shape index (κ2) is 8.96. The Kier molecular flexibility index (Phi) is 10.7. The van der Waals surface area contributed by atoms with E-state index in [1.807, 2.05) is 6.92 Å². The van der Waals surface area contributed by atoms with E-state index in [9.17, 15) is 0 Å². The number of rotatable bonds is 4.